The van der Waals surface area contributed by atoms with Crippen molar-refractivity contribution >= 4 is 0 Å². The Morgan fingerprint density at radius 1 is 1.30 bits per heavy atom. The highest BCUT2D eigenvalue weighted by molar-refractivity contribution is 5.45. The van der Waals surface area contributed by atoms with Gasteiger partial charge in [0.25, 0.3) is 0 Å². The van der Waals surface area contributed by atoms with E-state index in [4.69, 9.17) is 4.74 Å². The molecule has 0 aliphatic rings. The van der Waals surface area contributed by atoms with Crippen molar-refractivity contribution in [2.75, 3.05) is 27.7 Å². The Morgan fingerprint density at radius 2 is 2.00 bits per heavy atom. The molecule has 1 atom stereocenters. The van der Waals surface area contributed by atoms with Gasteiger partial charge in [-0.05, 0) is 32.5 Å². The van der Waals surface area contributed by atoms with Crippen molar-refractivity contribution < 1.29 is 9.84 Å². The van der Waals surface area contributed by atoms with E-state index in [2.05, 4.69) is 38.2 Å². The van der Waals surface area contributed by atoms with Crippen LogP contribution in [0.1, 0.15) is 25.8 Å². The number of hydrogen-bond acceptors (Lipinski definition) is 4. The van der Waals surface area contributed by atoms with Gasteiger partial charge in [0.05, 0.1) is 7.11 Å². The fraction of sp³-hybridized carbons (Fsp3) is 0.625. The molecule has 0 spiro atoms. The summed E-state index contributed by atoms with van der Waals surface area (Å²) in [5, 5.41) is 13.6. The number of methoxy groups -OCH3 is 1. The molecule has 0 aliphatic heterocycles. The molecule has 0 radical (unpaired) electrons. The molecule has 0 saturated heterocycles. The number of nitrogens with zero attached hydrogens (tertiary/aromatic N) is 1. The Bertz CT molecular complexity index is 395. The Labute approximate surface area is 122 Å². The first-order valence-corrected chi connectivity index (χ1v) is 7.17. The lowest BCUT2D eigenvalue weighted by Crippen LogP contribution is -2.38. The smallest absolute Gasteiger partial charge is 0.162 e. The Hall–Kier alpha value is -1.26. The van der Waals surface area contributed by atoms with Crippen LogP contribution in [0.2, 0.25) is 0 Å². The number of ether oxygens (including phenoxy) is 1. The van der Waals surface area contributed by atoms with E-state index in [-0.39, 0.29) is 5.75 Å². The van der Waals surface area contributed by atoms with Crippen LogP contribution in [0.15, 0.2) is 18.2 Å². The van der Waals surface area contributed by atoms with Gasteiger partial charge in [-0.1, -0.05) is 26.0 Å². The number of phenolic OH excluding ortho intramolecular Hbond substituents is 1. The zero-order valence-corrected chi connectivity index (χ0v) is 13.3. The van der Waals surface area contributed by atoms with E-state index in [1.54, 1.807) is 13.2 Å². The molecule has 0 bridgehead atoms. The molecular weight excluding hydrogens is 252 g/mol. The van der Waals surface area contributed by atoms with Gasteiger partial charge in [0, 0.05) is 24.7 Å². The first kappa shape index (κ1) is 16.8. The molecule has 1 aromatic carbocycles. The highest BCUT2D eigenvalue weighted by Crippen LogP contribution is 2.29. The molecule has 114 valence electrons. The van der Waals surface area contributed by atoms with Gasteiger partial charge in [-0.2, -0.15) is 0 Å². The molecule has 0 aromatic heterocycles. The summed E-state index contributed by atoms with van der Waals surface area (Å²) in [6.07, 6.45) is 1.11. The quantitative estimate of drug-likeness (QED) is 0.768. The Morgan fingerprint density at radius 3 is 2.55 bits per heavy atom. The molecular formula is C16H28N2O2. The van der Waals surface area contributed by atoms with Gasteiger partial charge in [-0.25, -0.2) is 0 Å². The van der Waals surface area contributed by atoms with Crippen LogP contribution < -0.4 is 10.1 Å². The van der Waals surface area contributed by atoms with Crippen LogP contribution in [0.3, 0.4) is 0 Å². The van der Waals surface area contributed by atoms with Crippen molar-refractivity contribution in [3.05, 3.63) is 23.8 Å². The van der Waals surface area contributed by atoms with Crippen molar-refractivity contribution in [2.45, 2.75) is 32.9 Å². The summed E-state index contributed by atoms with van der Waals surface area (Å²) < 4.78 is 5.14. The molecule has 0 aliphatic carbocycles. The van der Waals surface area contributed by atoms with Gasteiger partial charge in [-0.15, -0.1) is 0 Å². The van der Waals surface area contributed by atoms with Gasteiger partial charge >= 0.3 is 0 Å². The first-order valence-electron chi connectivity index (χ1n) is 7.17. The molecule has 0 saturated carbocycles. The topological polar surface area (TPSA) is 44.7 Å². The Balaban J connectivity index is 2.66. The third-order valence-electron chi connectivity index (χ3n) is 3.23. The third-order valence-corrected chi connectivity index (χ3v) is 3.23. The number of hydrogen-bond donors (Lipinski definition) is 2. The third kappa shape index (κ3) is 5.39. The highest BCUT2D eigenvalue weighted by Gasteiger charge is 2.13. The molecule has 4 nitrogen and oxygen atoms in total. The second-order valence-corrected chi connectivity index (χ2v) is 5.94. The van der Waals surface area contributed by atoms with Gasteiger partial charge in [0.15, 0.2) is 11.5 Å². The van der Waals surface area contributed by atoms with Crippen LogP contribution in [-0.2, 0) is 6.54 Å². The maximum absolute atomic E-state index is 10.1. The second-order valence-electron chi connectivity index (χ2n) is 5.94. The summed E-state index contributed by atoms with van der Waals surface area (Å²) in [6, 6.07) is 6.01. The zero-order chi connectivity index (χ0) is 15.1. The standard InChI is InChI=1S/C16H28N2O2/c1-12(2)9-14(11-18(3)4)17-10-13-7-6-8-15(20-5)16(13)19/h6-8,12,14,17,19H,9-11H2,1-5H3. The summed E-state index contributed by atoms with van der Waals surface area (Å²) in [5.74, 6) is 1.40. The van der Waals surface area contributed by atoms with E-state index in [9.17, 15) is 5.11 Å². The molecule has 1 unspecified atom stereocenters. The first-order chi connectivity index (χ1) is 9.43. The molecule has 0 amide bonds. The summed E-state index contributed by atoms with van der Waals surface area (Å²) in [4.78, 5) is 2.19. The molecule has 4 heteroatoms. The second kappa shape index (κ2) is 8.12. The van der Waals surface area contributed by atoms with Crippen LogP contribution in [0.5, 0.6) is 11.5 Å². The minimum Gasteiger partial charge on any atom is -0.504 e. The van der Waals surface area contributed by atoms with Crippen LogP contribution >= 0.6 is 0 Å². The molecule has 1 rings (SSSR count). The minimum absolute atomic E-state index is 0.232. The monoisotopic (exact) mass is 280 g/mol. The lowest BCUT2D eigenvalue weighted by atomic mass is 10.0. The average Bonchev–Trinajstić information content (AvgIpc) is 2.36. The fourth-order valence-electron chi connectivity index (χ4n) is 2.36. The van der Waals surface area contributed by atoms with Crippen LogP contribution in [0.25, 0.3) is 0 Å². The average molecular weight is 280 g/mol. The van der Waals surface area contributed by atoms with Crippen LogP contribution in [0, 0.1) is 5.92 Å². The van der Waals surface area contributed by atoms with Gasteiger partial charge in [0.2, 0.25) is 0 Å². The number of para-hydroxylation sites is 1. The van der Waals surface area contributed by atoms with E-state index in [0.29, 0.717) is 24.3 Å². The molecule has 2 N–H and O–H groups in total. The van der Waals surface area contributed by atoms with Crippen molar-refractivity contribution in [3.8, 4) is 11.5 Å². The predicted octanol–water partition coefficient (Wildman–Crippen LogP) is 2.47. The lowest BCUT2D eigenvalue weighted by molar-refractivity contribution is 0.303. The fourth-order valence-corrected chi connectivity index (χ4v) is 2.36. The molecule has 1 aromatic rings. The summed E-state index contributed by atoms with van der Waals surface area (Å²) in [5.41, 5.74) is 0.872. The van der Waals surface area contributed by atoms with E-state index in [1.165, 1.54) is 0 Å². The number of likely N-dealkylation sites (N-methyl/N-ethyl adjacent to an activating group) is 1. The number of phenols is 1. The lowest BCUT2D eigenvalue weighted by Gasteiger charge is -2.24. The normalized spacial score (nSPS) is 12.9. The molecule has 0 fully saturated rings. The Kier molecular flexibility index (Phi) is 6.82. The van der Waals surface area contributed by atoms with Crippen LogP contribution in [0.4, 0.5) is 0 Å². The van der Waals surface area contributed by atoms with E-state index >= 15 is 0 Å². The maximum Gasteiger partial charge on any atom is 0.162 e. The summed E-state index contributed by atoms with van der Waals surface area (Å²) >= 11 is 0. The molecule has 20 heavy (non-hydrogen) atoms. The van der Waals surface area contributed by atoms with E-state index in [0.717, 1.165) is 18.5 Å². The largest absolute Gasteiger partial charge is 0.504 e. The summed E-state index contributed by atoms with van der Waals surface area (Å²) in [6.45, 7) is 6.10. The van der Waals surface area contributed by atoms with Crippen LogP contribution in [-0.4, -0.2) is 43.8 Å². The minimum atomic E-state index is 0.232. The van der Waals surface area contributed by atoms with Gasteiger partial charge in [0.1, 0.15) is 0 Å². The zero-order valence-electron chi connectivity index (χ0n) is 13.3. The number of rotatable bonds is 8. The maximum atomic E-state index is 10.1. The molecule has 0 heterocycles. The van der Waals surface area contributed by atoms with E-state index in [1.807, 2.05) is 12.1 Å². The number of nitrogens with one attached hydrogen (secondary N) is 1. The van der Waals surface area contributed by atoms with Crippen molar-refractivity contribution in [1.82, 2.24) is 10.2 Å². The van der Waals surface area contributed by atoms with Crippen molar-refractivity contribution in [3.63, 3.8) is 0 Å². The van der Waals surface area contributed by atoms with Crippen molar-refractivity contribution in [2.24, 2.45) is 5.92 Å². The highest BCUT2D eigenvalue weighted by atomic mass is 16.5. The van der Waals surface area contributed by atoms with Crippen molar-refractivity contribution in [1.29, 1.82) is 0 Å². The predicted molar refractivity (Wildman–Crippen MR) is 83.3 cm³/mol. The SMILES string of the molecule is COc1cccc(CNC(CC(C)C)CN(C)C)c1O. The summed E-state index contributed by atoms with van der Waals surface area (Å²) in [7, 11) is 5.73. The number of benzene rings is 1. The van der Waals surface area contributed by atoms with E-state index < -0.39 is 0 Å². The van der Waals surface area contributed by atoms with Gasteiger partial charge in [-0.3, -0.25) is 0 Å². The van der Waals surface area contributed by atoms with Gasteiger partial charge < -0.3 is 20.1 Å². The number of aromatic hydroxyl groups is 1.